The highest BCUT2D eigenvalue weighted by Gasteiger charge is 2.32. The molecule has 16 heavy (non-hydrogen) atoms. The van der Waals surface area contributed by atoms with E-state index in [1.54, 1.807) is 0 Å². The van der Waals surface area contributed by atoms with Crippen LogP contribution in [0.2, 0.25) is 0 Å². The van der Waals surface area contributed by atoms with Gasteiger partial charge in [0.15, 0.2) is 0 Å². The number of ether oxygens (including phenoxy) is 1. The average Bonchev–Trinajstić information content (AvgIpc) is 2.75. The van der Waals surface area contributed by atoms with Crippen LogP contribution in [0.3, 0.4) is 0 Å². The molecule has 1 N–H and O–H groups in total. The third kappa shape index (κ3) is 2.55. The number of amides is 1. The standard InChI is InChI=1S/C12H22N2O2/c1-9-6-10(8-16-9)12(15)14(2)11-4-3-5-13-7-11/h9-11,13H,3-8H2,1-2H3. The fraction of sp³-hybridized carbons (Fsp3) is 0.917. The Morgan fingerprint density at radius 2 is 2.31 bits per heavy atom. The van der Waals surface area contributed by atoms with Crippen molar-refractivity contribution in [3.8, 4) is 0 Å². The second-order valence-electron chi connectivity index (χ2n) is 5.03. The van der Waals surface area contributed by atoms with Gasteiger partial charge in [0.1, 0.15) is 0 Å². The largest absolute Gasteiger partial charge is 0.378 e. The van der Waals surface area contributed by atoms with Gasteiger partial charge in [-0.1, -0.05) is 0 Å². The molecule has 4 heteroatoms. The average molecular weight is 226 g/mol. The number of rotatable bonds is 2. The summed E-state index contributed by atoms with van der Waals surface area (Å²) in [6, 6.07) is 0.372. The molecule has 2 heterocycles. The summed E-state index contributed by atoms with van der Waals surface area (Å²) in [4.78, 5) is 14.1. The molecule has 0 aromatic rings. The molecule has 0 radical (unpaired) electrons. The smallest absolute Gasteiger partial charge is 0.228 e. The minimum Gasteiger partial charge on any atom is -0.378 e. The molecule has 2 rings (SSSR count). The SMILES string of the molecule is CC1CC(C(=O)N(C)C2CCCNC2)CO1. The van der Waals surface area contributed by atoms with Gasteiger partial charge in [0.25, 0.3) is 0 Å². The second-order valence-corrected chi connectivity index (χ2v) is 5.03. The van der Waals surface area contributed by atoms with Gasteiger partial charge in [-0.25, -0.2) is 0 Å². The van der Waals surface area contributed by atoms with E-state index in [2.05, 4.69) is 5.32 Å². The van der Waals surface area contributed by atoms with Crippen LogP contribution in [0.1, 0.15) is 26.2 Å². The minimum atomic E-state index is 0.0851. The van der Waals surface area contributed by atoms with E-state index in [-0.39, 0.29) is 17.9 Å². The second kappa shape index (κ2) is 5.15. The van der Waals surface area contributed by atoms with Gasteiger partial charge >= 0.3 is 0 Å². The number of carbonyl (C=O) groups is 1. The van der Waals surface area contributed by atoms with E-state index in [1.165, 1.54) is 6.42 Å². The highest BCUT2D eigenvalue weighted by atomic mass is 16.5. The first-order chi connectivity index (χ1) is 7.68. The van der Waals surface area contributed by atoms with Crippen molar-refractivity contribution in [1.82, 2.24) is 10.2 Å². The molecule has 0 aromatic heterocycles. The number of piperidine rings is 1. The Balaban J connectivity index is 1.88. The zero-order chi connectivity index (χ0) is 11.5. The summed E-state index contributed by atoms with van der Waals surface area (Å²) >= 11 is 0. The summed E-state index contributed by atoms with van der Waals surface area (Å²) in [5.41, 5.74) is 0. The summed E-state index contributed by atoms with van der Waals surface area (Å²) in [6.45, 7) is 4.66. The molecule has 92 valence electrons. The molecule has 3 unspecified atom stereocenters. The summed E-state index contributed by atoms with van der Waals surface area (Å²) in [7, 11) is 1.93. The maximum atomic E-state index is 12.2. The molecule has 2 saturated heterocycles. The van der Waals surface area contributed by atoms with E-state index >= 15 is 0 Å². The normalized spacial score (nSPS) is 35.0. The number of likely N-dealkylation sites (N-methyl/N-ethyl adjacent to an activating group) is 1. The molecular weight excluding hydrogens is 204 g/mol. The Bertz CT molecular complexity index is 251. The molecule has 2 aliphatic rings. The van der Waals surface area contributed by atoms with Crippen LogP contribution in [0.25, 0.3) is 0 Å². The molecule has 0 spiro atoms. The van der Waals surface area contributed by atoms with Gasteiger partial charge in [-0.2, -0.15) is 0 Å². The van der Waals surface area contributed by atoms with E-state index < -0.39 is 0 Å². The third-order valence-electron chi connectivity index (χ3n) is 3.71. The summed E-state index contributed by atoms with van der Waals surface area (Å²) in [5.74, 6) is 0.347. The van der Waals surface area contributed by atoms with Crippen LogP contribution >= 0.6 is 0 Å². The highest BCUT2D eigenvalue weighted by molar-refractivity contribution is 5.79. The van der Waals surface area contributed by atoms with Crippen LogP contribution in [0.15, 0.2) is 0 Å². The predicted octanol–water partition coefficient (Wildman–Crippen LogP) is 0.622. The van der Waals surface area contributed by atoms with Gasteiger partial charge in [-0.15, -0.1) is 0 Å². The summed E-state index contributed by atoms with van der Waals surface area (Å²) in [6.07, 6.45) is 3.41. The first-order valence-electron chi connectivity index (χ1n) is 6.27. The van der Waals surface area contributed by atoms with Crippen LogP contribution in [0.4, 0.5) is 0 Å². The van der Waals surface area contributed by atoms with Crippen molar-refractivity contribution in [2.45, 2.75) is 38.3 Å². The lowest BCUT2D eigenvalue weighted by Crippen LogP contribution is -2.48. The molecule has 2 fully saturated rings. The van der Waals surface area contributed by atoms with Crippen LogP contribution < -0.4 is 5.32 Å². The third-order valence-corrected chi connectivity index (χ3v) is 3.71. The van der Waals surface area contributed by atoms with Gasteiger partial charge in [0.05, 0.1) is 18.6 Å². The first-order valence-corrected chi connectivity index (χ1v) is 6.27. The molecule has 0 bridgehead atoms. The minimum absolute atomic E-state index is 0.0851. The Labute approximate surface area is 97.3 Å². The van der Waals surface area contributed by atoms with Crippen molar-refractivity contribution >= 4 is 5.91 Å². The van der Waals surface area contributed by atoms with Gasteiger partial charge in [0.2, 0.25) is 5.91 Å². The van der Waals surface area contributed by atoms with Crippen LogP contribution in [-0.2, 0) is 9.53 Å². The van der Waals surface area contributed by atoms with E-state index in [0.717, 1.165) is 25.9 Å². The molecule has 0 aromatic carbocycles. The molecule has 0 saturated carbocycles. The lowest BCUT2D eigenvalue weighted by molar-refractivity contribution is -0.136. The number of carbonyl (C=O) groups excluding carboxylic acids is 1. The lowest BCUT2D eigenvalue weighted by Gasteiger charge is -2.33. The highest BCUT2D eigenvalue weighted by Crippen LogP contribution is 2.22. The fourth-order valence-electron chi connectivity index (χ4n) is 2.62. The Morgan fingerprint density at radius 3 is 2.88 bits per heavy atom. The topological polar surface area (TPSA) is 41.6 Å². The zero-order valence-electron chi connectivity index (χ0n) is 10.2. The van der Waals surface area contributed by atoms with Crippen molar-refractivity contribution in [3.63, 3.8) is 0 Å². The van der Waals surface area contributed by atoms with Crippen LogP contribution in [0, 0.1) is 5.92 Å². The van der Waals surface area contributed by atoms with Crippen molar-refractivity contribution in [1.29, 1.82) is 0 Å². The number of nitrogens with zero attached hydrogens (tertiary/aromatic N) is 1. The maximum absolute atomic E-state index is 12.2. The summed E-state index contributed by atoms with van der Waals surface area (Å²) < 4.78 is 5.46. The van der Waals surface area contributed by atoms with E-state index in [1.807, 2.05) is 18.9 Å². The maximum Gasteiger partial charge on any atom is 0.228 e. The zero-order valence-corrected chi connectivity index (χ0v) is 10.2. The van der Waals surface area contributed by atoms with E-state index in [0.29, 0.717) is 12.6 Å². The number of hydrogen-bond donors (Lipinski definition) is 1. The van der Waals surface area contributed by atoms with Crippen molar-refractivity contribution in [2.75, 3.05) is 26.7 Å². The van der Waals surface area contributed by atoms with Crippen LogP contribution in [-0.4, -0.2) is 49.7 Å². The van der Waals surface area contributed by atoms with Crippen molar-refractivity contribution < 1.29 is 9.53 Å². The monoisotopic (exact) mass is 226 g/mol. The lowest BCUT2D eigenvalue weighted by atomic mass is 10.0. The van der Waals surface area contributed by atoms with E-state index in [4.69, 9.17) is 4.74 Å². The van der Waals surface area contributed by atoms with Gasteiger partial charge in [0, 0.05) is 19.6 Å². The molecule has 0 aliphatic carbocycles. The van der Waals surface area contributed by atoms with Gasteiger partial charge in [-0.3, -0.25) is 4.79 Å². The molecular formula is C12H22N2O2. The van der Waals surface area contributed by atoms with Gasteiger partial charge < -0.3 is 15.0 Å². The summed E-state index contributed by atoms with van der Waals surface area (Å²) in [5, 5.41) is 3.34. The molecule has 1 amide bonds. The van der Waals surface area contributed by atoms with Crippen LogP contribution in [0.5, 0.6) is 0 Å². The Kier molecular flexibility index (Phi) is 3.82. The molecule has 2 aliphatic heterocycles. The van der Waals surface area contributed by atoms with E-state index in [9.17, 15) is 4.79 Å². The number of hydrogen-bond acceptors (Lipinski definition) is 3. The fourth-order valence-corrected chi connectivity index (χ4v) is 2.62. The molecule has 3 atom stereocenters. The Morgan fingerprint density at radius 1 is 1.50 bits per heavy atom. The Hall–Kier alpha value is -0.610. The van der Waals surface area contributed by atoms with Crippen molar-refractivity contribution in [2.24, 2.45) is 5.92 Å². The molecule has 4 nitrogen and oxygen atoms in total. The predicted molar refractivity (Wildman–Crippen MR) is 62.2 cm³/mol. The van der Waals surface area contributed by atoms with Crippen molar-refractivity contribution in [3.05, 3.63) is 0 Å². The van der Waals surface area contributed by atoms with Gasteiger partial charge in [-0.05, 0) is 32.7 Å². The quantitative estimate of drug-likeness (QED) is 0.750. The number of nitrogens with one attached hydrogen (secondary N) is 1. The first kappa shape index (κ1) is 11.9.